The fraction of sp³-hybridized carbons (Fsp3) is 0.600. The summed E-state index contributed by atoms with van der Waals surface area (Å²) in [5.74, 6) is -0.333. The molecule has 0 bridgehead atoms. The maximum absolute atomic E-state index is 15.8. The number of carbonyl (C=O) groups excluding carboxylic acids is 2. The van der Waals surface area contributed by atoms with Crippen LogP contribution in [0.4, 0.5) is 14.9 Å². The molecule has 0 radical (unpaired) electrons. The number of rotatable bonds is 17. The maximum Gasteiger partial charge on any atom is 0.408 e. The van der Waals surface area contributed by atoms with Crippen LogP contribution in [-0.4, -0.2) is 50.9 Å². The average molecular weight is 866 g/mol. The van der Waals surface area contributed by atoms with Gasteiger partial charge in [-0.2, -0.15) is 0 Å². The van der Waals surface area contributed by atoms with Crippen LogP contribution in [0.1, 0.15) is 123 Å². The molecule has 1 unspecified atom stereocenters. The van der Waals surface area contributed by atoms with E-state index in [0.717, 1.165) is 31.4 Å². The predicted molar refractivity (Wildman–Crippen MR) is 213 cm³/mol. The predicted octanol–water partition coefficient (Wildman–Crippen LogP) is 8.96. The number of ether oxygens (including phenoxy) is 2. The van der Waals surface area contributed by atoms with Crippen molar-refractivity contribution in [3.63, 3.8) is 0 Å². The molecule has 2 heterocycles. The lowest BCUT2D eigenvalue weighted by Crippen LogP contribution is -2.52. The maximum atomic E-state index is 15.8. The first kappa shape index (κ1) is 43.1. The topological polar surface area (TPSA) is 167 Å². The lowest BCUT2D eigenvalue weighted by molar-refractivity contribution is -0.121. The van der Waals surface area contributed by atoms with Crippen LogP contribution in [0.2, 0.25) is 0 Å². The first-order valence-electron chi connectivity index (χ1n) is 19.0. The molecule has 0 saturated carbocycles. The lowest BCUT2D eigenvalue weighted by Gasteiger charge is -2.34. The highest BCUT2D eigenvalue weighted by atomic mass is 127. The zero-order chi connectivity index (χ0) is 39.5. The lowest BCUT2D eigenvalue weighted by atomic mass is 9.95. The third kappa shape index (κ3) is 13.0. The highest BCUT2D eigenvalue weighted by Gasteiger charge is 2.37. The van der Waals surface area contributed by atoms with Crippen molar-refractivity contribution in [3.8, 4) is 17.2 Å². The van der Waals surface area contributed by atoms with Crippen molar-refractivity contribution in [2.24, 2.45) is 5.73 Å². The SMILES string of the molecule is CC(C)(C)OC(=O)N[C@H]1CC(I(=O)=O)Cc2cc(F)c(-c3nnc(C(C)(C)C)o3)cc2N(Cc2ccc(OCCCCCCCCCCCN)cc2)C1=O. The molecular weight excluding hydrogens is 808 g/mol. The number of alkyl halides is 1. The standard InChI is InChI=1S/C40H57FIN5O7/c1-39(2,3)37-46-45-35(53-37)31-25-34-28(23-32(31)41)22-29(42(50)51)24-33(44-38(49)54-40(4,5)6)36(48)47(34)26-27-16-18-30(19-17-27)52-21-15-13-11-9-7-8-10-12-14-20-43/h16-19,23,25,29,33H,7-15,20-22,24,26,43H2,1-6H3,(H,44,49)/t29?,33-/m0/s1. The van der Waals surface area contributed by atoms with E-state index in [9.17, 15) is 15.7 Å². The van der Waals surface area contributed by atoms with Gasteiger partial charge in [0.1, 0.15) is 23.2 Å². The van der Waals surface area contributed by atoms with Gasteiger partial charge in [0, 0.05) is 11.1 Å². The van der Waals surface area contributed by atoms with Gasteiger partial charge in [-0.1, -0.05) is 77.8 Å². The van der Waals surface area contributed by atoms with Gasteiger partial charge < -0.3 is 29.8 Å². The number of fused-ring (bicyclic) bond motifs is 1. The number of unbranched alkanes of at least 4 members (excludes halogenated alkanes) is 8. The molecule has 14 heteroatoms. The molecule has 12 nitrogen and oxygen atoms in total. The van der Waals surface area contributed by atoms with Gasteiger partial charge in [0.15, 0.2) is 0 Å². The molecule has 2 aromatic carbocycles. The van der Waals surface area contributed by atoms with Gasteiger partial charge in [0.25, 0.3) is 5.89 Å². The third-order valence-corrected chi connectivity index (χ3v) is 11.5. The Balaban J connectivity index is 1.57. The Labute approximate surface area is 325 Å². The Morgan fingerprint density at radius 1 is 0.963 bits per heavy atom. The normalized spacial score (nSPS) is 16.5. The van der Waals surface area contributed by atoms with Crippen molar-refractivity contribution in [2.75, 3.05) is 18.1 Å². The first-order chi connectivity index (χ1) is 25.6. The summed E-state index contributed by atoms with van der Waals surface area (Å²) in [6.45, 7) is 12.1. The molecule has 298 valence electrons. The van der Waals surface area contributed by atoms with Crippen molar-refractivity contribution >= 4 is 37.5 Å². The van der Waals surface area contributed by atoms with Crippen LogP contribution in [0.5, 0.6) is 5.75 Å². The van der Waals surface area contributed by atoms with Crippen molar-refractivity contribution in [1.29, 1.82) is 0 Å². The van der Waals surface area contributed by atoms with Crippen molar-refractivity contribution < 1.29 is 34.0 Å². The Bertz CT molecular complexity index is 1760. The summed E-state index contributed by atoms with van der Waals surface area (Å²) in [5.41, 5.74) is 5.53. The Morgan fingerprint density at radius 3 is 2.17 bits per heavy atom. The molecule has 0 fully saturated rings. The van der Waals surface area contributed by atoms with E-state index in [1.807, 2.05) is 45.0 Å². The van der Waals surface area contributed by atoms with Crippen LogP contribution >= 0.6 is 19.8 Å². The zero-order valence-corrected chi connectivity index (χ0v) is 34.7. The molecule has 1 aliphatic heterocycles. The number of nitrogens with two attached hydrogens (primary N) is 1. The molecule has 2 amide bonds. The van der Waals surface area contributed by atoms with E-state index in [-0.39, 0.29) is 36.5 Å². The molecule has 3 N–H and O–H groups in total. The van der Waals surface area contributed by atoms with Gasteiger partial charge in [-0.3, -0.25) is 4.79 Å². The summed E-state index contributed by atoms with van der Waals surface area (Å²) in [4.78, 5) is 28.9. The number of anilines is 1. The molecule has 1 aromatic heterocycles. The highest BCUT2D eigenvalue weighted by molar-refractivity contribution is 14.2. The Kier molecular flexibility index (Phi) is 15.8. The van der Waals surface area contributed by atoms with Crippen LogP contribution in [0, 0.1) is 5.82 Å². The van der Waals surface area contributed by atoms with Crippen LogP contribution in [-0.2, 0) is 34.1 Å². The van der Waals surface area contributed by atoms with Gasteiger partial charge in [0.05, 0.1) is 22.6 Å². The molecule has 0 saturated heterocycles. The number of aromatic nitrogens is 2. The van der Waals surface area contributed by atoms with E-state index >= 15 is 4.39 Å². The van der Waals surface area contributed by atoms with E-state index in [2.05, 4.69) is 15.5 Å². The molecule has 54 heavy (non-hydrogen) atoms. The number of nitrogens with one attached hydrogen (secondary N) is 1. The van der Waals surface area contributed by atoms with Crippen LogP contribution < -0.4 is 20.7 Å². The number of halogens is 2. The van der Waals surface area contributed by atoms with Gasteiger partial charge in [-0.25, -0.2) is 15.3 Å². The molecular formula is C40H57FIN5O7. The summed E-state index contributed by atoms with van der Waals surface area (Å²) >= 11 is -4.08. The smallest absolute Gasteiger partial charge is 0.408 e. The Morgan fingerprint density at radius 2 is 1.59 bits per heavy atom. The molecule has 1 aliphatic rings. The van der Waals surface area contributed by atoms with Crippen LogP contribution in [0.3, 0.4) is 0 Å². The minimum Gasteiger partial charge on any atom is -0.494 e. The number of hydrogen-bond donors (Lipinski definition) is 2. The number of hydrogen-bond acceptors (Lipinski definition) is 10. The molecule has 0 spiro atoms. The quantitative estimate of drug-likeness (QED) is 0.0760. The number of benzene rings is 2. The minimum atomic E-state index is -4.08. The second-order valence-electron chi connectivity index (χ2n) is 16.0. The van der Waals surface area contributed by atoms with E-state index in [1.165, 1.54) is 55.6 Å². The van der Waals surface area contributed by atoms with Crippen molar-refractivity contribution in [2.45, 2.75) is 140 Å². The highest BCUT2D eigenvalue weighted by Crippen LogP contribution is 2.38. The fourth-order valence-corrected chi connectivity index (χ4v) is 7.98. The zero-order valence-electron chi connectivity index (χ0n) is 32.6. The van der Waals surface area contributed by atoms with E-state index in [0.29, 0.717) is 23.8 Å². The average Bonchev–Trinajstić information content (AvgIpc) is 3.59. The number of amides is 2. The number of nitrogens with zero attached hydrogens (tertiary/aromatic N) is 3. The van der Waals surface area contributed by atoms with E-state index in [4.69, 9.17) is 19.6 Å². The summed E-state index contributed by atoms with van der Waals surface area (Å²) in [6.07, 6.45) is 9.45. The molecule has 4 rings (SSSR count). The largest absolute Gasteiger partial charge is 0.494 e. The van der Waals surface area contributed by atoms with Crippen molar-refractivity contribution in [1.82, 2.24) is 15.5 Å². The van der Waals surface area contributed by atoms with E-state index < -0.39 is 58.6 Å². The summed E-state index contributed by atoms with van der Waals surface area (Å²) < 4.78 is 57.3. The molecule has 2 atom stereocenters. The fourth-order valence-electron chi connectivity index (χ4n) is 6.22. The van der Waals surface area contributed by atoms with Crippen molar-refractivity contribution in [3.05, 3.63) is 59.2 Å². The van der Waals surface area contributed by atoms with Gasteiger partial charge in [0.2, 0.25) is 11.8 Å². The number of carbonyl (C=O) groups is 2. The van der Waals surface area contributed by atoms with E-state index in [1.54, 1.807) is 20.8 Å². The third-order valence-electron chi connectivity index (χ3n) is 9.08. The minimum absolute atomic E-state index is 0.0332. The monoisotopic (exact) mass is 865 g/mol. The summed E-state index contributed by atoms with van der Waals surface area (Å²) in [7, 11) is 0. The van der Waals surface area contributed by atoms with Crippen LogP contribution in [0.15, 0.2) is 40.8 Å². The van der Waals surface area contributed by atoms with Gasteiger partial charge in [-0.15, -0.1) is 10.2 Å². The van der Waals surface area contributed by atoms with Gasteiger partial charge >= 0.3 is 25.9 Å². The molecule has 0 aliphatic carbocycles. The van der Waals surface area contributed by atoms with Gasteiger partial charge in [-0.05, 0) is 88.4 Å². The number of alkyl carbamates (subject to hydrolysis) is 1. The Hall–Kier alpha value is -3.66. The summed E-state index contributed by atoms with van der Waals surface area (Å²) in [6, 6.07) is 8.83. The second-order valence-corrected chi connectivity index (χ2v) is 19.1. The second kappa shape index (κ2) is 19.8. The first-order valence-corrected chi connectivity index (χ1v) is 22.0. The van der Waals surface area contributed by atoms with Crippen LogP contribution in [0.25, 0.3) is 11.5 Å². The molecule has 3 aromatic rings. The summed E-state index contributed by atoms with van der Waals surface area (Å²) in [5, 5.41) is 10.8.